The van der Waals surface area contributed by atoms with Crippen LogP contribution in [0.25, 0.3) is 43.8 Å². The van der Waals surface area contributed by atoms with Crippen LogP contribution in [0.3, 0.4) is 0 Å². The summed E-state index contributed by atoms with van der Waals surface area (Å²) in [5.74, 6) is -4.89. The van der Waals surface area contributed by atoms with Crippen LogP contribution in [-0.2, 0) is 0 Å². The summed E-state index contributed by atoms with van der Waals surface area (Å²) >= 11 is 3.52. The van der Waals surface area contributed by atoms with Crippen molar-refractivity contribution in [3.63, 3.8) is 0 Å². The standard InChI is InChI=1S/C27H13F5I2O/c1-35-13-7-5-12(6-8-13)20-14-3-2-4-18(33)21(14)24(23-16(29)10-9-15(28)22(20)23)25-26(31)17(30)11-19(34)27(25)32/h2-11H,1H3. The summed E-state index contributed by atoms with van der Waals surface area (Å²) in [7, 11) is 1.51. The van der Waals surface area contributed by atoms with E-state index in [1.807, 2.05) is 22.6 Å². The number of fused-ring (bicyclic) bond motifs is 2. The summed E-state index contributed by atoms with van der Waals surface area (Å²) in [5, 5.41) is 0.242. The Morgan fingerprint density at radius 1 is 0.600 bits per heavy atom. The SMILES string of the molecule is COc1ccc(-c2c3cccc(I)c3c(-c3c(F)c(F)cc(I)c3F)c3c(F)ccc(F)c23)cc1. The van der Waals surface area contributed by atoms with Gasteiger partial charge in [-0.25, -0.2) is 22.0 Å². The van der Waals surface area contributed by atoms with Crippen molar-refractivity contribution in [2.75, 3.05) is 7.11 Å². The molecule has 0 radical (unpaired) electrons. The number of rotatable bonds is 3. The first-order chi connectivity index (χ1) is 16.7. The molecule has 0 aliphatic carbocycles. The summed E-state index contributed by atoms with van der Waals surface area (Å²) in [6.45, 7) is 0. The summed E-state index contributed by atoms with van der Waals surface area (Å²) in [6.07, 6.45) is 0. The maximum Gasteiger partial charge on any atom is 0.169 e. The summed E-state index contributed by atoms with van der Waals surface area (Å²) in [6, 6.07) is 14.4. The Morgan fingerprint density at radius 2 is 1.23 bits per heavy atom. The molecule has 0 aromatic heterocycles. The fraction of sp³-hybridized carbons (Fsp3) is 0.0370. The minimum Gasteiger partial charge on any atom is -0.497 e. The molecule has 35 heavy (non-hydrogen) atoms. The summed E-state index contributed by atoms with van der Waals surface area (Å²) in [5.41, 5.74) is -0.0709. The van der Waals surface area contributed by atoms with E-state index in [0.29, 0.717) is 25.8 Å². The molecule has 0 saturated heterocycles. The molecule has 8 heteroatoms. The molecular weight excluding hydrogens is 689 g/mol. The quantitative estimate of drug-likeness (QED) is 0.0789. The molecule has 1 nitrogen and oxygen atoms in total. The van der Waals surface area contributed by atoms with Crippen molar-refractivity contribution in [2.24, 2.45) is 0 Å². The molecule has 0 aliphatic rings. The molecule has 0 atom stereocenters. The van der Waals surface area contributed by atoms with Gasteiger partial charge in [0, 0.05) is 30.9 Å². The Hall–Kier alpha value is -2.47. The zero-order valence-corrected chi connectivity index (χ0v) is 22.1. The zero-order chi connectivity index (χ0) is 25.0. The van der Waals surface area contributed by atoms with Crippen LogP contribution in [0.4, 0.5) is 22.0 Å². The number of hydrogen-bond acceptors (Lipinski definition) is 1. The summed E-state index contributed by atoms with van der Waals surface area (Å²) in [4.78, 5) is 0. The Balaban J connectivity index is 2.11. The second kappa shape index (κ2) is 9.20. The molecule has 5 aromatic carbocycles. The molecule has 0 amide bonds. The Labute approximate surface area is 224 Å². The van der Waals surface area contributed by atoms with Crippen molar-refractivity contribution >= 4 is 66.7 Å². The van der Waals surface area contributed by atoms with Crippen LogP contribution in [0.2, 0.25) is 0 Å². The highest BCUT2D eigenvalue weighted by molar-refractivity contribution is 14.1. The smallest absolute Gasteiger partial charge is 0.169 e. The van der Waals surface area contributed by atoms with E-state index >= 15 is 17.6 Å². The van der Waals surface area contributed by atoms with Gasteiger partial charge >= 0.3 is 0 Å². The second-order valence-corrected chi connectivity index (χ2v) is 10.1. The number of hydrogen-bond donors (Lipinski definition) is 0. The molecule has 0 bridgehead atoms. The van der Waals surface area contributed by atoms with Crippen LogP contribution < -0.4 is 4.74 Å². The van der Waals surface area contributed by atoms with Crippen LogP contribution >= 0.6 is 45.2 Å². The molecule has 5 rings (SSSR count). The number of benzene rings is 5. The number of ether oxygens (including phenoxy) is 1. The van der Waals surface area contributed by atoms with Crippen molar-refractivity contribution < 1.29 is 26.7 Å². The molecular formula is C27H13F5I2O. The number of halogens is 7. The van der Waals surface area contributed by atoms with Crippen molar-refractivity contribution in [1.29, 1.82) is 0 Å². The van der Waals surface area contributed by atoms with E-state index in [0.717, 1.165) is 18.2 Å². The molecule has 176 valence electrons. The topological polar surface area (TPSA) is 9.23 Å². The van der Waals surface area contributed by atoms with Gasteiger partial charge in [-0.15, -0.1) is 0 Å². The van der Waals surface area contributed by atoms with Crippen LogP contribution in [0.5, 0.6) is 5.75 Å². The lowest BCUT2D eigenvalue weighted by molar-refractivity contribution is 0.415. The van der Waals surface area contributed by atoms with Gasteiger partial charge in [-0.2, -0.15) is 0 Å². The minimum absolute atomic E-state index is 0.155. The van der Waals surface area contributed by atoms with Crippen molar-refractivity contribution in [3.05, 3.63) is 96.9 Å². The van der Waals surface area contributed by atoms with Gasteiger partial charge in [0.25, 0.3) is 0 Å². The highest BCUT2D eigenvalue weighted by atomic mass is 127. The van der Waals surface area contributed by atoms with Crippen LogP contribution in [-0.4, -0.2) is 7.11 Å². The van der Waals surface area contributed by atoms with E-state index < -0.39 is 34.6 Å². The van der Waals surface area contributed by atoms with Gasteiger partial charge in [-0.1, -0.05) is 24.3 Å². The average Bonchev–Trinajstić information content (AvgIpc) is 2.85. The van der Waals surface area contributed by atoms with Crippen molar-refractivity contribution in [2.45, 2.75) is 0 Å². The zero-order valence-electron chi connectivity index (χ0n) is 17.8. The van der Waals surface area contributed by atoms with Crippen molar-refractivity contribution in [1.82, 2.24) is 0 Å². The highest BCUT2D eigenvalue weighted by Crippen LogP contribution is 2.48. The van der Waals surface area contributed by atoms with Gasteiger partial charge in [0.15, 0.2) is 11.6 Å². The molecule has 5 aromatic rings. The van der Waals surface area contributed by atoms with Gasteiger partial charge in [-0.3, -0.25) is 0 Å². The second-order valence-electron chi connectivity index (χ2n) is 7.76. The molecule has 0 unspecified atom stereocenters. The maximum atomic E-state index is 15.5. The van der Waals surface area contributed by atoms with Crippen molar-refractivity contribution in [3.8, 4) is 28.0 Å². The Bertz CT molecular complexity index is 1620. The lowest BCUT2D eigenvalue weighted by Crippen LogP contribution is -2.02. The average molecular weight is 702 g/mol. The van der Waals surface area contributed by atoms with E-state index in [-0.39, 0.29) is 25.3 Å². The van der Waals surface area contributed by atoms with Crippen LogP contribution in [0, 0.1) is 36.2 Å². The fourth-order valence-electron chi connectivity index (χ4n) is 4.39. The van der Waals surface area contributed by atoms with E-state index in [1.165, 1.54) is 7.11 Å². The summed E-state index contributed by atoms with van der Waals surface area (Å²) < 4.78 is 81.7. The predicted octanol–water partition coefficient (Wildman–Crippen LogP) is 9.24. The first-order valence-electron chi connectivity index (χ1n) is 10.2. The number of methoxy groups -OCH3 is 1. The van der Waals surface area contributed by atoms with E-state index in [2.05, 4.69) is 0 Å². The molecule has 0 heterocycles. The fourth-order valence-corrected chi connectivity index (χ4v) is 5.70. The van der Waals surface area contributed by atoms with Gasteiger partial charge in [0.2, 0.25) is 0 Å². The van der Waals surface area contributed by atoms with E-state index in [4.69, 9.17) is 4.74 Å². The molecule has 0 saturated carbocycles. The monoisotopic (exact) mass is 702 g/mol. The predicted molar refractivity (Wildman–Crippen MR) is 144 cm³/mol. The normalized spacial score (nSPS) is 11.4. The third kappa shape index (κ3) is 3.85. The highest BCUT2D eigenvalue weighted by Gasteiger charge is 2.28. The Kier molecular flexibility index (Phi) is 6.37. The molecule has 0 aliphatic heterocycles. The minimum atomic E-state index is -1.47. The largest absolute Gasteiger partial charge is 0.497 e. The van der Waals surface area contributed by atoms with Gasteiger partial charge in [-0.05, 0) is 92.5 Å². The van der Waals surface area contributed by atoms with Gasteiger partial charge < -0.3 is 4.74 Å². The molecule has 0 N–H and O–H groups in total. The van der Waals surface area contributed by atoms with E-state index in [1.54, 1.807) is 65.1 Å². The lowest BCUT2D eigenvalue weighted by Gasteiger charge is -2.20. The maximum absolute atomic E-state index is 15.5. The Morgan fingerprint density at radius 3 is 1.86 bits per heavy atom. The molecule has 0 fully saturated rings. The third-order valence-corrected chi connectivity index (χ3v) is 7.56. The lowest BCUT2D eigenvalue weighted by atomic mass is 9.85. The van der Waals surface area contributed by atoms with Crippen LogP contribution in [0.15, 0.2) is 60.7 Å². The third-order valence-electron chi connectivity index (χ3n) is 5.88. The van der Waals surface area contributed by atoms with Crippen LogP contribution in [0.1, 0.15) is 0 Å². The first-order valence-corrected chi connectivity index (χ1v) is 12.4. The first kappa shape index (κ1) is 24.2. The van der Waals surface area contributed by atoms with Gasteiger partial charge in [0.1, 0.15) is 23.2 Å². The van der Waals surface area contributed by atoms with Gasteiger partial charge in [0.05, 0.1) is 16.2 Å². The van der Waals surface area contributed by atoms with E-state index in [9.17, 15) is 4.39 Å². The molecule has 0 spiro atoms.